The van der Waals surface area contributed by atoms with Gasteiger partial charge in [-0.25, -0.2) is 5.48 Å². The minimum Gasteiger partial charge on any atom is -0.347 e. The highest BCUT2D eigenvalue weighted by atomic mass is 16.6. The number of amides is 1. The number of carbonyl (C=O) groups excluding carboxylic acids is 1. The van der Waals surface area contributed by atoms with E-state index >= 15 is 0 Å². The standard InChI is InChI=1S/C8H12N2O2/c1-3-12-9-8(11)7-5-4-6-10(7)2/h4-6H,3H2,1-2H3,(H,9,11). The quantitative estimate of drug-likeness (QED) is 0.675. The lowest BCUT2D eigenvalue weighted by atomic mass is 10.4. The molecule has 1 aromatic heterocycles. The van der Waals surface area contributed by atoms with Crippen LogP contribution in [0.3, 0.4) is 0 Å². The summed E-state index contributed by atoms with van der Waals surface area (Å²) in [4.78, 5) is 16.0. The Morgan fingerprint density at radius 3 is 3.00 bits per heavy atom. The third-order valence-corrected chi connectivity index (χ3v) is 1.49. The van der Waals surface area contributed by atoms with Gasteiger partial charge in [-0.2, -0.15) is 0 Å². The van der Waals surface area contributed by atoms with Crippen molar-refractivity contribution in [1.82, 2.24) is 10.0 Å². The number of hydroxylamine groups is 1. The fourth-order valence-corrected chi connectivity index (χ4v) is 0.887. The first-order valence-electron chi connectivity index (χ1n) is 3.79. The summed E-state index contributed by atoms with van der Waals surface area (Å²) in [5.74, 6) is -0.218. The van der Waals surface area contributed by atoms with E-state index in [0.29, 0.717) is 12.3 Å². The zero-order valence-corrected chi connectivity index (χ0v) is 7.20. The molecule has 0 aliphatic carbocycles. The zero-order valence-electron chi connectivity index (χ0n) is 7.20. The average molecular weight is 168 g/mol. The summed E-state index contributed by atoms with van der Waals surface area (Å²) in [6.07, 6.45) is 1.81. The van der Waals surface area contributed by atoms with E-state index in [1.807, 2.05) is 6.92 Å². The summed E-state index contributed by atoms with van der Waals surface area (Å²) < 4.78 is 1.73. The molecule has 0 unspecified atom stereocenters. The third-order valence-electron chi connectivity index (χ3n) is 1.49. The summed E-state index contributed by atoms with van der Waals surface area (Å²) in [5.41, 5.74) is 2.90. The van der Waals surface area contributed by atoms with Crippen molar-refractivity contribution in [1.29, 1.82) is 0 Å². The normalized spacial score (nSPS) is 9.83. The van der Waals surface area contributed by atoms with Crippen molar-refractivity contribution in [3.05, 3.63) is 24.0 Å². The van der Waals surface area contributed by atoms with Crippen molar-refractivity contribution in [2.24, 2.45) is 7.05 Å². The number of aromatic nitrogens is 1. The Labute approximate surface area is 71.1 Å². The number of hydrogen-bond acceptors (Lipinski definition) is 2. The smallest absolute Gasteiger partial charge is 0.291 e. The number of aryl methyl sites for hydroxylation is 1. The molecule has 4 nitrogen and oxygen atoms in total. The predicted molar refractivity (Wildman–Crippen MR) is 44.5 cm³/mol. The molecule has 0 bridgehead atoms. The van der Waals surface area contributed by atoms with E-state index in [1.165, 1.54) is 0 Å². The molecule has 1 N–H and O–H groups in total. The van der Waals surface area contributed by atoms with Crippen molar-refractivity contribution in [2.75, 3.05) is 6.61 Å². The van der Waals surface area contributed by atoms with Crippen LogP contribution in [0.1, 0.15) is 17.4 Å². The van der Waals surface area contributed by atoms with Gasteiger partial charge in [0.2, 0.25) is 0 Å². The predicted octanol–water partition coefficient (Wildman–Crippen LogP) is 0.706. The van der Waals surface area contributed by atoms with Gasteiger partial charge in [0, 0.05) is 13.2 Å². The minimum atomic E-state index is -0.218. The first-order valence-corrected chi connectivity index (χ1v) is 3.79. The van der Waals surface area contributed by atoms with Crippen molar-refractivity contribution in [3.8, 4) is 0 Å². The number of rotatable bonds is 3. The van der Waals surface area contributed by atoms with Gasteiger partial charge in [-0.1, -0.05) is 0 Å². The second kappa shape index (κ2) is 3.92. The van der Waals surface area contributed by atoms with Gasteiger partial charge >= 0.3 is 0 Å². The summed E-state index contributed by atoms with van der Waals surface area (Å²) in [7, 11) is 1.81. The first kappa shape index (κ1) is 8.80. The Bertz CT molecular complexity index is 268. The zero-order chi connectivity index (χ0) is 8.97. The maximum Gasteiger partial charge on any atom is 0.291 e. The number of nitrogens with one attached hydrogen (secondary N) is 1. The highest BCUT2D eigenvalue weighted by molar-refractivity contribution is 5.91. The molecular weight excluding hydrogens is 156 g/mol. The average Bonchev–Trinajstić information content (AvgIpc) is 2.47. The third kappa shape index (κ3) is 1.85. The SMILES string of the molecule is CCONC(=O)c1cccn1C. The fourth-order valence-electron chi connectivity index (χ4n) is 0.887. The maximum absolute atomic E-state index is 11.2. The molecule has 0 aliphatic heterocycles. The van der Waals surface area contributed by atoms with Crippen LogP contribution in [0.25, 0.3) is 0 Å². The Balaban J connectivity index is 2.59. The van der Waals surface area contributed by atoms with Gasteiger partial charge in [0.25, 0.3) is 5.91 Å². The Morgan fingerprint density at radius 2 is 2.50 bits per heavy atom. The van der Waals surface area contributed by atoms with Gasteiger partial charge < -0.3 is 4.57 Å². The van der Waals surface area contributed by atoms with Crippen molar-refractivity contribution < 1.29 is 9.63 Å². The molecule has 66 valence electrons. The molecule has 1 heterocycles. The van der Waals surface area contributed by atoms with Crippen LogP contribution in [0.5, 0.6) is 0 Å². The van der Waals surface area contributed by atoms with Crippen molar-refractivity contribution in [3.63, 3.8) is 0 Å². The van der Waals surface area contributed by atoms with E-state index in [1.54, 1.807) is 29.9 Å². The van der Waals surface area contributed by atoms with Crippen LogP contribution >= 0.6 is 0 Å². The molecule has 0 saturated heterocycles. The van der Waals surface area contributed by atoms with Crippen LogP contribution in [0, 0.1) is 0 Å². The molecule has 0 aromatic carbocycles. The molecule has 4 heteroatoms. The summed E-state index contributed by atoms with van der Waals surface area (Å²) in [6, 6.07) is 3.54. The monoisotopic (exact) mass is 168 g/mol. The topological polar surface area (TPSA) is 43.3 Å². The lowest BCUT2D eigenvalue weighted by molar-refractivity contribution is 0.0357. The van der Waals surface area contributed by atoms with E-state index < -0.39 is 0 Å². The molecule has 0 saturated carbocycles. The van der Waals surface area contributed by atoms with Crippen molar-refractivity contribution in [2.45, 2.75) is 6.92 Å². The van der Waals surface area contributed by atoms with Gasteiger partial charge in [-0.3, -0.25) is 9.63 Å². The van der Waals surface area contributed by atoms with Crippen LogP contribution < -0.4 is 5.48 Å². The molecular formula is C8H12N2O2. The molecule has 1 rings (SSSR count). The van der Waals surface area contributed by atoms with Crippen LogP contribution in [-0.2, 0) is 11.9 Å². The Kier molecular flexibility index (Phi) is 2.88. The van der Waals surface area contributed by atoms with Gasteiger partial charge in [-0.05, 0) is 19.1 Å². The van der Waals surface area contributed by atoms with E-state index in [-0.39, 0.29) is 5.91 Å². The summed E-state index contributed by atoms with van der Waals surface area (Å²) in [6.45, 7) is 2.28. The van der Waals surface area contributed by atoms with E-state index in [4.69, 9.17) is 4.84 Å². The molecule has 0 fully saturated rings. The van der Waals surface area contributed by atoms with Crippen LogP contribution in [0.4, 0.5) is 0 Å². The lowest BCUT2D eigenvalue weighted by Crippen LogP contribution is -2.25. The van der Waals surface area contributed by atoms with Crippen LogP contribution in [0.2, 0.25) is 0 Å². The van der Waals surface area contributed by atoms with Crippen LogP contribution in [-0.4, -0.2) is 17.1 Å². The summed E-state index contributed by atoms with van der Waals surface area (Å²) in [5, 5.41) is 0. The van der Waals surface area contributed by atoms with Crippen LogP contribution in [0.15, 0.2) is 18.3 Å². The van der Waals surface area contributed by atoms with E-state index in [0.717, 1.165) is 0 Å². The number of carbonyl (C=O) groups is 1. The first-order chi connectivity index (χ1) is 5.75. The van der Waals surface area contributed by atoms with Gasteiger partial charge in [-0.15, -0.1) is 0 Å². The molecule has 0 atom stereocenters. The largest absolute Gasteiger partial charge is 0.347 e. The number of nitrogens with zero attached hydrogens (tertiary/aromatic N) is 1. The molecule has 0 aliphatic rings. The Morgan fingerprint density at radius 1 is 1.75 bits per heavy atom. The lowest BCUT2D eigenvalue weighted by Gasteiger charge is -2.03. The second-order valence-corrected chi connectivity index (χ2v) is 2.37. The molecule has 0 radical (unpaired) electrons. The van der Waals surface area contributed by atoms with Crippen molar-refractivity contribution >= 4 is 5.91 Å². The minimum absolute atomic E-state index is 0.218. The maximum atomic E-state index is 11.2. The van der Waals surface area contributed by atoms with Gasteiger partial charge in [0.1, 0.15) is 5.69 Å². The second-order valence-electron chi connectivity index (χ2n) is 2.37. The molecule has 12 heavy (non-hydrogen) atoms. The Hall–Kier alpha value is -1.29. The summed E-state index contributed by atoms with van der Waals surface area (Å²) >= 11 is 0. The van der Waals surface area contributed by atoms with E-state index in [2.05, 4.69) is 5.48 Å². The highest BCUT2D eigenvalue weighted by Crippen LogP contribution is 1.98. The fraction of sp³-hybridized carbons (Fsp3) is 0.375. The van der Waals surface area contributed by atoms with Gasteiger partial charge in [0.15, 0.2) is 0 Å². The number of hydrogen-bond donors (Lipinski definition) is 1. The van der Waals surface area contributed by atoms with E-state index in [9.17, 15) is 4.79 Å². The molecule has 1 amide bonds. The van der Waals surface area contributed by atoms with Gasteiger partial charge in [0.05, 0.1) is 6.61 Å². The highest BCUT2D eigenvalue weighted by Gasteiger charge is 2.06. The molecule has 0 spiro atoms. The molecule has 1 aromatic rings.